The van der Waals surface area contributed by atoms with Crippen LogP contribution in [-0.2, 0) is 6.54 Å². The van der Waals surface area contributed by atoms with Crippen molar-refractivity contribution in [2.45, 2.75) is 20.4 Å². The average Bonchev–Trinajstić information content (AvgIpc) is 2.89. The number of para-hydroxylation sites is 1. The van der Waals surface area contributed by atoms with Crippen molar-refractivity contribution in [2.24, 2.45) is 0 Å². The molecule has 0 unspecified atom stereocenters. The molecule has 0 amide bonds. The zero-order valence-electron chi connectivity index (χ0n) is 10.3. The quantitative estimate of drug-likeness (QED) is 0.699. The van der Waals surface area contributed by atoms with Crippen molar-refractivity contribution < 1.29 is 4.52 Å². The van der Waals surface area contributed by atoms with E-state index in [1.165, 1.54) is 0 Å². The van der Waals surface area contributed by atoms with E-state index in [0.29, 0.717) is 0 Å². The van der Waals surface area contributed by atoms with E-state index in [2.05, 4.69) is 21.9 Å². The molecule has 0 aliphatic heterocycles. The summed E-state index contributed by atoms with van der Waals surface area (Å²) in [5.74, 6) is 0.862. The lowest BCUT2D eigenvalue weighted by molar-refractivity contribution is 0.392. The average molecular weight is 261 g/mol. The molecule has 0 aliphatic carbocycles. The first kappa shape index (κ1) is 11.4. The Labute approximate surface area is 110 Å². The molecule has 0 spiro atoms. The first-order chi connectivity index (χ1) is 8.66. The lowest BCUT2D eigenvalue weighted by atomic mass is 10.2. The highest BCUT2D eigenvalue weighted by atomic mass is 35.5. The normalized spacial score (nSPS) is 11.3. The smallest absolute Gasteiger partial charge is 0.138 e. The number of nitrogens with zero attached hydrogens (tertiary/aromatic N) is 2. The lowest BCUT2D eigenvalue weighted by Crippen LogP contribution is -2.00. The van der Waals surface area contributed by atoms with Gasteiger partial charge in [-0.15, -0.1) is 0 Å². The fourth-order valence-electron chi connectivity index (χ4n) is 2.24. The Morgan fingerprint density at radius 3 is 2.83 bits per heavy atom. The molecular formula is C14H13ClN2O. The molecule has 0 radical (unpaired) electrons. The van der Waals surface area contributed by atoms with Gasteiger partial charge in [-0.2, -0.15) is 0 Å². The second kappa shape index (κ2) is 4.18. The number of benzene rings is 1. The number of rotatable bonds is 2. The monoisotopic (exact) mass is 260 g/mol. The van der Waals surface area contributed by atoms with Gasteiger partial charge in [-0.05, 0) is 26.0 Å². The molecule has 0 aliphatic rings. The minimum Gasteiger partial charge on any atom is -0.361 e. The molecule has 1 aromatic carbocycles. The molecule has 3 nitrogen and oxygen atoms in total. The molecule has 4 heteroatoms. The maximum atomic E-state index is 6.26. The summed E-state index contributed by atoms with van der Waals surface area (Å²) in [5, 5.41) is 5.89. The van der Waals surface area contributed by atoms with Crippen LogP contribution in [0.4, 0.5) is 0 Å². The summed E-state index contributed by atoms with van der Waals surface area (Å²) in [7, 11) is 0. The summed E-state index contributed by atoms with van der Waals surface area (Å²) in [6.45, 7) is 4.62. The van der Waals surface area contributed by atoms with Crippen molar-refractivity contribution in [3.05, 3.63) is 52.5 Å². The summed E-state index contributed by atoms with van der Waals surface area (Å²) in [5.41, 5.74) is 3.10. The molecule has 2 aromatic heterocycles. The van der Waals surface area contributed by atoms with Gasteiger partial charge >= 0.3 is 0 Å². The van der Waals surface area contributed by atoms with E-state index in [0.717, 1.165) is 39.5 Å². The predicted octanol–water partition coefficient (Wildman–Crippen LogP) is 3.95. The van der Waals surface area contributed by atoms with E-state index in [1.807, 2.05) is 32.2 Å². The maximum Gasteiger partial charge on any atom is 0.138 e. The molecular weight excluding hydrogens is 248 g/mol. The first-order valence-electron chi connectivity index (χ1n) is 5.82. The number of hydrogen-bond donors (Lipinski definition) is 0. The first-order valence-corrected chi connectivity index (χ1v) is 6.19. The minimum atomic E-state index is 0.731. The number of aromatic nitrogens is 2. The fraction of sp³-hybridized carbons (Fsp3) is 0.214. The highest BCUT2D eigenvalue weighted by molar-refractivity contribution is 6.35. The van der Waals surface area contributed by atoms with E-state index >= 15 is 0 Å². The maximum absolute atomic E-state index is 6.26. The number of aryl methyl sites for hydroxylation is 2. The molecule has 0 atom stereocenters. The molecule has 3 rings (SSSR count). The Bertz CT molecular complexity index is 692. The van der Waals surface area contributed by atoms with Crippen LogP contribution in [0.2, 0.25) is 5.02 Å². The summed E-state index contributed by atoms with van der Waals surface area (Å²) in [4.78, 5) is 0. The Kier molecular flexibility index (Phi) is 2.63. The largest absolute Gasteiger partial charge is 0.361 e. The molecule has 0 fully saturated rings. The van der Waals surface area contributed by atoms with Gasteiger partial charge in [0.05, 0.1) is 22.8 Å². The van der Waals surface area contributed by atoms with Crippen LogP contribution in [0.1, 0.15) is 17.0 Å². The van der Waals surface area contributed by atoms with Gasteiger partial charge in [0.15, 0.2) is 0 Å². The highest BCUT2D eigenvalue weighted by Crippen LogP contribution is 2.26. The van der Waals surface area contributed by atoms with E-state index < -0.39 is 0 Å². The predicted molar refractivity (Wildman–Crippen MR) is 72.0 cm³/mol. The summed E-state index contributed by atoms with van der Waals surface area (Å²) in [6, 6.07) is 8.00. The zero-order chi connectivity index (χ0) is 12.7. The van der Waals surface area contributed by atoms with Crippen molar-refractivity contribution in [2.75, 3.05) is 0 Å². The Morgan fingerprint density at radius 1 is 1.28 bits per heavy atom. The third-order valence-electron chi connectivity index (χ3n) is 3.25. The van der Waals surface area contributed by atoms with Crippen molar-refractivity contribution in [1.29, 1.82) is 0 Å². The van der Waals surface area contributed by atoms with Crippen LogP contribution in [0, 0.1) is 13.8 Å². The Morgan fingerprint density at radius 2 is 2.11 bits per heavy atom. The van der Waals surface area contributed by atoms with Gasteiger partial charge in [0.1, 0.15) is 5.76 Å². The topological polar surface area (TPSA) is 31.0 Å². The summed E-state index contributed by atoms with van der Waals surface area (Å²) in [6.07, 6.45) is 2.04. The van der Waals surface area contributed by atoms with Crippen molar-refractivity contribution in [1.82, 2.24) is 9.72 Å². The van der Waals surface area contributed by atoms with Crippen LogP contribution < -0.4 is 0 Å². The second-order valence-corrected chi connectivity index (χ2v) is 4.83. The zero-order valence-corrected chi connectivity index (χ0v) is 11.0. The van der Waals surface area contributed by atoms with Gasteiger partial charge in [0.25, 0.3) is 0 Å². The molecule has 92 valence electrons. The van der Waals surface area contributed by atoms with Gasteiger partial charge in [-0.3, -0.25) is 0 Å². The van der Waals surface area contributed by atoms with Crippen LogP contribution in [0.3, 0.4) is 0 Å². The van der Waals surface area contributed by atoms with Gasteiger partial charge in [0.2, 0.25) is 0 Å². The molecule has 3 aromatic rings. The van der Waals surface area contributed by atoms with E-state index in [-0.39, 0.29) is 0 Å². The summed E-state index contributed by atoms with van der Waals surface area (Å²) < 4.78 is 7.32. The van der Waals surface area contributed by atoms with E-state index in [9.17, 15) is 0 Å². The van der Waals surface area contributed by atoms with Crippen molar-refractivity contribution >= 4 is 22.5 Å². The third kappa shape index (κ3) is 1.71. The van der Waals surface area contributed by atoms with Gasteiger partial charge in [-0.25, -0.2) is 0 Å². The molecule has 0 saturated heterocycles. The highest BCUT2D eigenvalue weighted by Gasteiger charge is 2.12. The van der Waals surface area contributed by atoms with Crippen LogP contribution in [-0.4, -0.2) is 9.72 Å². The second-order valence-electron chi connectivity index (χ2n) is 4.42. The Balaban J connectivity index is 2.11. The molecule has 2 heterocycles. The van der Waals surface area contributed by atoms with Gasteiger partial charge in [0, 0.05) is 17.1 Å². The standard InChI is InChI=1S/C14H13ClN2O/c1-9-12(10(2)18-16-9)8-17-7-6-11-4-3-5-13(15)14(11)17/h3-7H,8H2,1-2H3. The molecule has 0 saturated carbocycles. The summed E-state index contributed by atoms with van der Waals surface area (Å²) >= 11 is 6.26. The SMILES string of the molecule is Cc1noc(C)c1Cn1ccc2cccc(Cl)c21. The Hall–Kier alpha value is -1.74. The van der Waals surface area contributed by atoms with E-state index in [1.54, 1.807) is 0 Å². The number of halogens is 1. The van der Waals surface area contributed by atoms with Crippen LogP contribution in [0.25, 0.3) is 10.9 Å². The van der Waals surface area contributed by atoms with Crippen LogP contribution in [0.5, 0.6) is 0 Å². The molecule has 18 heavy (non-hydrogen) atoms. The molecule has 0 N–H and O–H groups in total. The number of fused-ring (bicyclic) bond motifs is 1. The van der Waals surface area contributed by atoms with E-state index in [4.69, 9.17) is 16.1 Å². The van der Waals surface area contributed by atoms with Gasteiger partial charge < -0.3 is 9.09 Å². The van der Waals surface area contributed by atoms with Crippen molar-refractivity contribution in [3.63, 3.8) is 0 Å². The third-order valence-corrected chi connectivity index (χ3v) is 3.55. The minimum absolute atomic E-state index is 0.731. The van der Waals surface area contributed by atoms with Crippen LogP contribution >= 0.6 is 11.6 Å². The van der Waals surface area contributed by atoms with Crippen molar-refractivity contribution in [3.8, 4) is 0 Å². The number of hydrogen-bond acceptors (Lipinski definition) is 2. The fourth-order valence-corrected chi connectivity index (χ4v) is 2.53. The molecule has 0 bridgehead atoms. The van der Waals surface area contributed by atoms with Gasteiger partial charge in [-0.1, -0.05) is 28.9 Å². The lowest BCUT2D eigenvalue weighted by Gasteiger charge is -2.06. The van der Waals surface area contributed by atoms with Crippen LogP contribution in [0.15, 0.2) is 35.0 Å².